The molecule has 0 saturated carbocycles. The molecule has 78 valence electrons. The van der Waals surface area contributed by atoms with Gasteiger partial charge in [-0.1, -0.05) is 13.3 Å². The molecule has 0 saturated heterocycles. The maximum atomic E-state index is 11.8. The van der Waals surface area contributed by atoms with Gasteiger partial charge in [0, 0.05) is 6.10 Å². The van der Waals surface area contributed by atoms with E-state index in [2.05, 4.69) is 4.74 Å². The third-order valence-corrected chi connectivity index (χ3v) is 1.33. The molecule has 0 fully saturated rings. The van der Waals surface area contributed by atoms with Crippen LogP contribution >= 0.6 is 0 Å². The predicted molar refractivity (Wildman–Crippen MR) is 35.8 cm³/mol. The highest BCUT2D eigenvalue weighted by Crippen LogP contribution is 2.24. The van der Waals surface area contributed by atoms with Gasteiger partial charge in [-0.15, -0.1) is 0 Å². The fourth-order valence-corrected chi connectivity index (χ4v) is 0.919. The van der Waals surface area contributed by atoms with Gasteiger partial charge in [-0.25, -0.2) is 0 Å². The molecule has 0 heterocycles. The van der Waals surface area contributed by atoms with E-state index in [1.165, 1.54) is 0 Å². The summed E-state index contributed by atoms with van der Waals surface area (Å²) in [4.78, 5) is 9.87. The molecule has 0 spiro atoms. The number of rotatable bonds is 4. The van der Waals surface area contributed by atoms with E-state index in [0.29, 0.717) is 6.42 Å². The van der Waals surface area contributed by atoms with Crippen LogP contribution in [0.1, 0.15) is 26.2 Å². The van der Waals surface area contributed by atoms with E-state index in [4.69, 9.17) is 0 Å². The largest absolute Gasteiger partial charge is 0.546 e. The van der Waals surface area contributed by atoms with E-state index in [-0.39, 0.29) is 6.42 Å². The van der Waals surface area contributed by atoms with Crippen molar-refractivity contribution in [3.63, 3.8) is 0 Å². The van der Waals surface area contributed by atoms with Crippen molar-refractivity contribution in [3.8, 4) is 0 Å². The zero-order chi connectivity index (χ0) is 10.5. The minimum atomic E-state index is -4.41. The highest BCUT2D eigenvalue weighted by Gasteiger charge is 2.31. The Hall–Kier alpha value is -0.940. The van der Waals surface area contributed by atoms with Crippen LogP contribution in [0.15, 0.2) is 0 Å². The molecular weight excluding hydrogens is 189 g/mol. The molecule has 1 unspecified atom stereocenters. The SMILES string of the molecule is CCCC(CC(F)(F)F)OC(=O)[O-]. The lowest BCUT2D eigenvalue weighted by atomic mass is 10.1. The Morgan fingerprint density at radius 3 is 2.38 bits per heavy atom. The Bertz CT molecular complexity index is 167. The third-order valence-electron chi connectivity index (χ3n) is 1.33. The van der Waals surface area contributed by atoms with Gasteiger partial charge >= 0.3 is 6.18 Å². The first-order chi connectivity index (χ1) is 5.85. The Balaban J connectivity index is 4.01. The standard InChI is InChI=1S/C7H11F3O3/c1-2-3-5(13-6(11)12)4-7(8,9)10/h5H,2-4H2,1H3,(H,11,12)/p-1. The lowest BCUT2D eigenvalue weighted by Crippen LogP contribution is -2.32. The first kappa shape index (κ1) is 12.1. The quantitative estimate of drug-likeness (QED) is 0.644. The van der Waals surface area contributed by atoms with Gasteiger partial charge in [0.2, 0.25) is 0 Å². The molecule has 0 aromatic heterocycles. The molecule has 0 N–H and O–H groups in total. The molecule has 0 rings (SSSR count). The number of halogens is 3. The van der Waals surface area contributed by atoms with Crippen molar-refractivity contribution >= 4 is 6.16 Å². The molecule has 0 amide bonds. The number of alkyl halides is 3. The molecule has 6 heteroatoms. The summed E-state index contributed by atoms with van der Waals surface area (Å²) >= 11 is 0. The summed E-state index contributed by atoms with van der Waals surface area (Å²) in [7, 11) is 0. The van der Waals surface area contributed by atoms with Gasteiger partial charge in [-0.3, -0.25) is 0 Å². The summed E-state index contributed by atoms with van der Waals surface area (Å²) in [6.07, 6.45) is -8.44. The fourth-order valence-electron chi connectivity index (χ4n) is 0.919. The third kappa shape index (κ3) is 7.42. The van der Waals surface area contributed by atoms with Crippen LogP contribution in [-0.2, 0) is 4.74 Å². The Kier molecular flexibility index (Phi) is 4.58. The van der Waals surface area contributed by atoms with Crippen molar-refractivity contribution in [3.05, 3.63) is 0 Å². The molecule has 0 aliphatic carbocycles. The van der Waals surface area contributed by atoms with Gasteiger partial charge in [-0.05, 0) is 6.42 Å². The molecule has 13 heavy (non-hydrogen) atoms. The van der Waals surface area contributed by atoms with Crippen molar-refractivity contribution in [2.24, 2.45) is 0 Å². The average Bonchev–Trinajstić information content (AvgIpc) is 1.81. The molecule has 0 aliphatic rings. The first-order valence-corrected chi connectivity index (χ1v) is 3.79. The minimum absolute atomic E-state index is 0.0491. The van der Waals surface area contributed by atoms with Crippen molar-refractivity contribution < 1.29 is 27.8 Å². The van der Waals surface area contributed by atoms with Gasteiger partial charge in [0.15, 0.2) is 0 Å². The summed E-state index contributed by atoms with van der Waals surface area (Å²) in [6.45, 7) is 1.64. The number of ether oxygens (including phenoxy) is 1. The van der Waals surface area contributed by atoms with Crippen molar-refractivity contribution in [1.82, 2.24) is 0 Å². The zero-order valence-electron chi connectivity index (χ0n) is 7.06. The van der Waals surface area contributed by atoms with Crippen LogP contribution in [0.25, 0.3) is 0 Å². The Morgan fingerprint density at radius 1 is 1.54 bits per heavy atom. The number of carboxylic acid groups (broad SMARTS) is 1. The highest BCUT2D eigenvalue weighted by atomic mass is 19.4. The molecule has 3 nitrogen and oxygen atoms in total. The molecule has 0 aromatic rings. The number of hydrogen-bond acceptors (Lipinski definition) is 3. The van der Waals surface area contributed by atoms with Gasteiger partial charge < -0.3 is 14.6 Å². The van der Waals surface area contributed by atoms with Crippen molar-refractivity contribution in [1.29, 1.82) is 0 Å². The van der Waals surface area contributed by atoms with Crippen molar-refractivity contribution in [2.45, 2.75) is 38.5 Å². The lowest BCUT2D eigenvalue weighted by Gasteiger charge is -2.22. The normalized spacial score (nSPS) is 13.8. The van der Waals surface area contributed by atoms with Gasteiger partial charge in [0.25, 0.3) is 6.16 Å². The van der Waals surface area contributed by atoms with Crippen LogP contribution in [0.5, 0.6) is 0 Å². The van der Waals surface area contributed by atoms with Crippen LogP contribution in [0, 0.1) is 0 Å². The van der Waals surface area contributed by atoms with Crippen LogP contribution < -0.4 is 5.11 Å². The van der Waals surface area contributed by atoms with E-state index < -0.39 is 24.9 Å². The van der Waals surface area contributed by atoms with E-state index in [1.807, 2.05) is 0 Å². The van der Waals surface area contributed by atoms with E-state index in [9.17, 15) is 23.1 Å². The molecule has 0 aliphatic heterocycles. The average molecular weight is 199 g/mol. The molecule has 1 atom stereocenters. The predicted octanol–water partition coefficient (Wildman–Crippen LogP) is 1.47. The maximum absolute atomic E-state index is 11.8. The Labute approximate surface area is 73.5 Å². The lowest BCUT2D eigenvalue weighted by molar-refractivity contribution is -0.291. The summed E-state index contributed by atoms with van der Waals surface area (Å²) < 4.78 is 39.3. The van der Waals surface area contributed by atoms with Gasteiger partial charge in [-0.2, -0.15) is 13.2 Å². The van der Waals surface area contributed by atoms with Gasteiger partial charge in [0.1, 0.15) is 0 Å². The fraction of sp³-hybridized carbons (Fsp3) is 0.857. The van der Waals surface area contributed by atoms with Crippen LogP contribution in [0.3, 0.4) is 0 Å². The number of hydrogen-bond donors (Lipinski definition) is 0. The molecular formula is C7H10F3O3-. The second kappa shape index (κ2) is 4.94. The second-order valence-corrected chi connectivity index (χ2v) is 2.60. The topological polar surface area (TPSA) is 49.4 Å². The highest BCUT2D eigenvalue weighted by molar-refractivity contribution is 5.54. The minimum Gasteiger partial charge on any atom is -0.546 e. The van der Waals surface area contributed by atoms with E-state index >= 15 is 0 Å². The Morgan fingerprint density at radius 2 is 2.08 bits per heavy atom. The zero-order valence-corrected chi connectivity index (χ0v) is 7.06. The van der Waals surface area contributed by atoms with Gasteiger partial charge in [0.05, 0.1) is 6.42 Å². The van der Waals surface area contributed by atoms with Crippen LogP contribution in [0.2, 0.25) is 0 Å². The summed E-state index contributed by atoms with van der Waals surface area (Å²) in [6, 6.07) is 0. The first-order valence-electron chi connectivity index (χ1n) is 3.79. The molecule has 0 radical (unpaired) electrons. The smallest absolute Gasteiger partial charge is 0.391 e. The second-order valence-electron chi connectivity index (χ2n) is 2.60. The summed E-state index contributed by atoms with van der Waals surface area (Å²) in [5.41, 5.74) is 0. The molecule has 0 aromatic carbocycles. The van der Waals surface area contributed by atoms with Crippen LogP contribution in [-0.4, -0.2) is 18.4 Å². The summed E-state index contributed by atoms with van der Waals surface area (Å²) in [5.74, 6) is 0. The van der Waals surface area contributed by atoms with E-state index in [1.54, 1.807) is 6.92 Å². The van der Waals surface area contributed by atoms with E-state index in [0.717, 1.165) is 0 Å². The number of carbonyl (C=O) groups excluding carboxylic acids is 1. The molecule has 0 bridgehead atoms. The monoisotopic (exact) mass is 199 g/mol. The maximum Gasteiger partial charge on any atom is 0.391 e. The number of carbonyl (C=O) groups is 1. The van der Waals surface area contributed by atoms with Crippen molar-refractivity contribution in [2.75, 3.05) is 0 Å². The summed E-state index contributed by atoms with van der Waals surface area (Å²) in [5, 5.41) is 9.87. The van der Waals surface area contributed by atoms with Crippen LogP contribution in [0.4, 0.5) is 18.0 Å².